The molecule has 0 atom stereocenters. The van der Waals surface area contributed by atoms with Crippen LogP contribution in [0.3, 0.4) is 0 Å². The standard InChI is InChI=1S/C37H26N4/c1-37(2)32-20-24(23-38)16-18-30(32)31-19-17-28(22-33(31)37)27-14-9-15-29(21-27)36-40-34(25-10-5-3-6-11-25)39-35(41-36)26-12-7-4-8-13-26/h3-22H,1-2H3. The molecule has 5 aromatic carbocycles. The van der Waals surface area contributed by atoms with Crippen molar-refractivity contribution in [1.82, 2.24) is 15.0 Å². The molecule has 1 aromatic heterocycles. The monoisotopic (exact) mass is 526 g/mol. The largest absolute Gasteiger partial charge is 0.208 e. The van der Waals surface area contributed by atoms with E-state index in [1.165, 1.54) is 22.3 Å². The molecule has 0 amide bonds. The van der Waals surface area contributed by atoms with Gasteiger partial charge in [0.1, 0.15) is 0 Å². The van der Waals surface area contributed by atoms with Gasteiger partial charge in [0.2, 0.25) is 0 Å². The second-order valence-corrected chi connectivity index (χ2v) is 10.9. The van der Waals surface area contributed by atoms with Crippen LogP contribution in [0.25, 0.3) is 56.4 Å². The molecule has 4 heteroatoms. The summed E-state index contributed by atoms with van der Waals surface area (Å²) in [6, 6.07) is 43.5. The molecule has 0 unspecified atom stereocenters. The molecule has 194 valence electrons. The van der Waals surface area contributed by atoms with Crippen molar-refractivity contribution in [3.05, 3.63) is 138 Å². The molecule has 0 bridgehead atoms. The summed E-state index contributed by atoms with van der Waals surface area (Å²) >= 11 is 0. The van der Waals surface area contributed by atoms with E-state index in [4.69, 9.17) is 15.0 Å². The third-order valence-electron chi connectivity index (χ3n) is 7.96. The lowest BCUT2D eigenvalue weighted by atomic mass is 9.81. The summed E-state index contributed by atoms with van der Waals surface area (Å²) in [5.74, 6) is 1.93. The Morgan fingerprint density at radius 1 is 0.488 bits per heavy atom. The Labute approximate surface area is 239 Å². The summed E-state index contributed by atoms with van der Waals surface area (Å²) in [6.07, 6.45) is 0. The minimum Gasteiger partial charge on any atom is -0.208 e. The van der Waals surface area contributed by atoms with Gasteiger partial charge in [0.25, 0.3) is 0 Å². The predicted molar refractivity (Wildman–Crippen MR) is 164 cm³/mol. The first-order valence-electron chi connectivity index (χ1n) is 13.7. The fourth-order valence-electron chi connectivity index (χ4n) is 5.76. The first-order chi connectivity index (χ1) is 20.0. The molecule has 41 heavy (non-hydrogen) atoms. The van der Waals surface area contributed by atoms with Gasteiger partial charge in [0.15, 0.2) is 17.5 Å². The van der Waals surface area contributed by atoms with Crippen molar-refractivity contribution in [3.63, 3.8) is 0 Å². The van der Waals surface area contributed by atoms with Crippen LogP contribution in [-0.2, 0) is 5.41 Å². The normalized spacial score (nSPS) is 12.8. The topological polar surface area (TPSA) is 62.5 Å². The molecule has 1 heterocycles. The van der Waals surface area contributed by atoms with Crippen LogP contribution in [0.5, 0.6) is 0 Å². The van der Waals surface area contributed by atoms with E-state index >= 15 is 0 Å². The smallest absolute Gasteiger partial charge is 0.164 e. The summed E-state index contributed by atoms with van der Waals surface area (Å²) in [5, 5.41) is 9.47. The summed E-state index contributed by atoms with van der Waals surface area (Å²) in [6.45, 7) is 4.47. The van der Waals surface area contributed by atoms with Gasteiger partial charge in [-0.25, -0.2) is 15.0 Å². The van der Waals surface area contributed by atoms with Gasteiger partial charge in [0.05, 0.1) is 11.6 Å². The van der Waals surface area contributed by atoms with E-state index < -0.39 is 0 Å². The number of hydrogen-bond acceptors (Lipinski definition) is 4. The molecule has 0 aliphatic heterocycles. The van der Waals surface area contributed by atoms with E-state index in [0.717, 1.165) is 27.8 Å². The lowest BCUT2D eigenvalue weighted by Gasteiger charge is -2.22. The van der Waals surface area contributed by atoms with Gasteiger partial charge in [-0.1, -0.05) is 111 Å². The average molecular weight is 527 g/mol. The average Bonchev–Trinajstić information content (AvgIpc) is 3.27. The molecule has 6 aromatic rings. The van der Waals surface area contributed by atoms with Gasteiger partial charge >= 0.3 is 0 Å². The third-order valence-corrected chi connectivity index (χ3v) is 7.96. The Hall–Kier alpha value is -5.40. The van der Waals surface area contributed by atoms with Crippen molar-refractivity contribution in [2.75, 3.05) is 0 Å². The number of rotatable bonds is 4. The van der Waals surface area contributed by atoms with Gasteiger partial charge in [-0.05, 0) is 57.6 Å². The number of fused-ring (bicyclic) bond motifs is 3. The molecular formula is C37H26N4. The summed E-state index contributed by atoms with van der Waals surface area (Å²) < 4.78 is 0. The molecule has 0 fully saturated rings. The van der Waals surface area contributed by atoms with E-state index in [9.17, 15) is 5.26 Å². The second kappa shape index (κ2) is 9.66. The van der Waals surface area contributed by atoms with Crippen LogP contribution in [0.1, 0.15) is 30.5 Å². The van der Waals surface area contributed by atoms with E-state index in [0.29, 0.717) is 23.0 Å². The van der Waals surface area contributed by atoms with Crippen LogP contribution in [-0.4, -0.2) is 15.0 Å². The number of aromatic nitrogens is 3. The van der Waals surface area contributed by atoms with Gasteiger partial charge < -0.3 is 0 Å². The molecule has 4 nitrogen and oxygen atoms in total. The van der Waals surface area contributed by atoms with Crippen LogP contribution in [0.2, 0.25) is 0 Å². The first-order valence-corrected chi connectivity index (χ1v) is 13.7. The highest BCUT2D eigenvalue weighted by atomic mass is 15.0. The first kappa shape index (κ1) is 24.6. The van der Waals surface area contributed by atoms with Crippen molar-refractivity contribution >= 4 is 0 Å². The zero-order valence-electron chi connectivity index (χ0n) is 22.8. The van der Waals surface area contributed by atoms with Crippen LogP contribution >= 0.6 is 0 Å². The number of hydrogen-bond donors (Lipinski definition) is 0. The highest BCUT2D eigenvalue weighted by Crippen LogP contribution is 2.50. The molecule has 1 aliphatic carbocycles. The highest BCUT2D eigenvalue weighted by Gasteiger charge is 2.35. The molecule has 0 N–H and O–H groups in total. The molecular weight excluding hydrogens is 500 g/mol. The van der Waals surface area contributed by atoms with Gasteiger partial charge in [-0.3, -0.25) is 0 Å². The van der Waals surface area contributed by atoms with Crippen LogP contribution in [0.4, 0.5) is 0 Å². The molecule has 0 spiro atoms. The van der Waals surface area contributed by atoms with Crippen molar-refractivity contribution in [2.24, 2.45) is 0 Å². The Morgan fingerprint density at radius 3 is 1.59 bits per heavy atom. The van der Waals surface area contributed by atoms with Crippen LogP contribution in [0, 0.1) is 11.3 Å². The quantitative estimate of drug-likeness (QED) is 0.230. The van der Waals surface area contributed by atoms with Crippen LogP contribution < -0.4 is 0 Å². The maximum atomic E-state index is 9.47. The Morgan fingerprint density at radius 2 is 0.976 bits per heavy atom. The lowest BCUT2D eigenvalue weighted by molar-refractivity contribution is 0.660. The van der Waals surface area contributed by atoms with Crippen molar-refractivity contribution in [1.29, 1.82) is 5.26 Å². The number of nitriles is 1. The fourth-order valence-corrected chi connectivity index (χ4v) is 5.76. The number of nitrogens with zero attached hydrogens (tertiary/aromatic N) is 4. The lowest BCUT2D eigenvalue weighted by Crippen LogP contribution is -2.15. The summed E-state index contributed by atoms with van der Waals surface area (Å²) in [5.41, 5.74) is 10.4. The molecule has 1 aliphatic rings. The Bertz CT molecular complexity index is 1910. The summed E-state index contributed by atoms with van der Waals surface area (Å²) in [7, 11) is 0. The number of benzene rings is 5. The summed E-state index contributed by atoms with van der Waals surface area (Å²) in [4.78, 5) is 14.6. The van der Waals surface area contributed by atoms with Crippen molar-refractivity contribution in [3.8, 4) is 62.5 Å². The zero-order chi connectivity index (χ0) is 28.0. The molecule has 0 radical (unpaired) electrons. The predicted octanol–water partition coefficient (Wildman–Crippen LogP) is 8.72. The Balaban J connectivity index is 1.33. The third kappa shape index (κ3) is 4.29. The maximum absolute atomic E-state index is 9.47. The molecule has 7 rings (SSSR count). The van der Waals surface area contributed by atoms with Gasteiger partial charge in [0, 0.05) is 22.1 Å². The highest BCUT2D eigenvalue weighted by molar-refractivity contribution is 5.84. The minimum absolute atomic E-state index is 0.200. The van der Waals surface area contributed by atoms with Crippen LogP contribution in [0.15, 0.2) is 121 Å². The second-order valence-electron chi connectivity index (χ2n) is 10.9. The molecule has 0 saturated carbocycles. The van der Waals surface area contributed by atoms with Gasteiger partial charge in [-0.2, -0.15) is 5.26 Å². The fraction of sp³-hybridized carbons (Fsp3) is 0.0811. The van der Waals surface area contributed by atoms with E-state index in [1.54, 1.807) is 0 Å². The SMILES string of the molecule is CC1(C)c2cc(C#N)ccc2-c2ccc(-c3cccc(-c4nc(-c5ccccc5)nc(-c5ccccc5)n4)c3)cc21. The van der Waals surface area contributed by atoms with E-state index in [-0.39, 0.29) is 5.41 Å². The Kier molecular flexibility index (Phi) is 5.80. The van der Waals surface area contributed by atoms with E-state index in [2.05, 4.69) is 68.4 Å². The van der Waals surface area contributed by atoms with Crippen molar-refractivity contribution in [2.45, 2.75) is 19.3 Å². The van der Waals surface area contributed by atoms with Crippen molar-refractivity contribution < 1.29 is 0 Å². The molecule has 0 saturated heterocycles. The minimum atomic E-state index is -0.200. The van der Waals surface area contributed by atoms with E-state index in [1.807, 2.05) is 72.8 Å². The van der Waals surface area contributed by atoms with Gasteiger partial charge in [-0.15, -0.1) is 0 Å². The zero-order valence-corrected chi connectivity index (χ0v) is 22.8. The maximum Gasteiger partial charge on any atom is 0.164 e.